The number of ether oxygens (including phenoxy) is 1. The van der Waals surface area contributed by atoms with Gasteiger partial charge in [0.05, 0.1) is 19.5 Å². The highest BCUT2D eigenvalue weighted by atomic mass is 32.2. The van der Waals surface area contributed by atoms with E-state index in [9.17, 15) is 9.00 Å². The number of carboxylic acids is 1. The molecule has 1 aromatic heterocycles. The van der Waals surface area contributed by atoms with E-state index in [0.717, 1.165) is 37.0 Å². The molecule has 9 heteroatoms. The van der Waals surface area contributed by atoms with E-state index in [1.54, 1.807) is 6.07 Å². The lowest BCUT2D eigenvalue weighted by Crippen LogP contribution is -2.21. The van der Waals surface area contributed by atoms with Crippen LogP contribution in [0.25, 0.3) is 17.2 Å². The maximum atomic E-state index is 11.3. The number of benzene rings is 1. The molecule has 0 bridgehead atoms. The van der Waals surface area contributed by atoms with Gasteiger partial charge in [0.25, 0.3) is 0 Å². The third-order valence-electron chi connectivity index (χ3n) is 5.02. The molecule has 0 fully saturated rings. The minimum absolute atomic E-state index is 0.234. The summed E-state index contributed by atoms with van der Waals surface area (Å²) in [5, 5.41) is 8.71. The molecule has 0 radical (unpaired) electrons. The Hall–Kier alpha value is -2.91. The summed E-state index contributed by atoms with van der Waals surface area (Å²) in [7, 11) is 1.42. The molecule has 1 aromatic carbocycles. The fraction of sp³-hybridized carbons (Fsp3) is 0.417. The molecule has 0 aliphatic carbocycles. The molecule has 1 atom stereocenters. The van der Waals surface area contributed by atoms with Crippen molar-refractivity contribution >= 4 is 34.2 Å². The van der Waals surface area contributed by atoms with Crippen LogP contribution in [0.2, 0.25) is 0 Å². The third-order valence-corrected chi connectivity index (χ3v) is 6.02. The first kappa shape index (κ1) is 24.7. The van der Waals surface area contributed by atoms with Crippen molar-refractivity contribution in [1.82, 2.24) is 9.88 Å². The molecule has 0 saturated heterocycles. The summed E-state index contributed by atoms with van der Waals surface area (Å²) in [6.45, 7) is 2.19. The Morgan fingerprint density at radius 3 is 2.97 bits per heavy atom. The van der Waals surface area contributed by atoms with Gasteiger partial charge >= 0.3 is 5.97 Å². The molecule has 2 aromatic rings. The van der Waals surface area contributed by atoms with Crippen LogP contribution >= 0.6 is 0 Å². The fourth-order valence-corrected chi connectivity index (χ4v) is 3.87. The summed E-state index contributed by atoms with van der Waals surface area (Å²) >= 11 is -1.26. The van der Waals surface area contributed by atoms with Crippen molar-refractivity contribution in [2.24, 2.45) is 0 Å². The van der Waals surface area contributed by atoms with Gasteiger partial charge in [0.1, 0.15) is 11.3 Å². The average Bonchev–Trinajstić information content (AvgIpc) is 3.22. The SMILES string of the molecule is COS(=O)CCCOc1ccc2nc(/C=C/C3=CN(CCCCCC(=O)O)CC=C3)oc2c1. The van der Waals surface area contributed by atoms with Crippen LogP contribution < -0.4 is 4.74 Å². The number of aromatic nitrogens is 1. The number of carboxylic acid groups (broad SMARTS) is 1. The predicted octanol–water partition coefficient (Wildman–Crippen LogP) is 4.32. The van der Waals surface area contributed by atoms with Crippen molar-refractivity contribution < 1.29 is 27.4 Å². The van der Waals surface area contributed by atoms with E-state index < -0.39 is 17.0 Å². The van der Waals surface area contributed by atoms with Gasteiger partial charge in [0.15, 0.2) is 16.7 Å². The van der Waals surface area contributed by atoms with E-state index in [-0.39, 0.29) is 6.42 Å². The van der Waals surface area contributed by atoms with E-state index in [2.05, 4.69) is 28.2 Å². The third kappa shape index (κ3) is 8.51. The molecular formula is C24H30N2O6S. The van der Waals surface area contributed by atoms with Gasteiger partial charge in [-0.1, -0.05) is 18.6 Å². The summed E-state index contributed by atoms with van der Waals surface area (Å²) < 4.78 is 27.5. The number of hydrogen-bond donors (Lipinski definition) is 1. The van der Waals surface area contributed by atoms with Crippen molar-refractivity contribution in [2.75, 3.05) is 32.6 Å². The number of hydrogen-bond acceptors (Lipinski definition) is 7. The predicted molar refractivity (Wildman–Crippen MR) is 128 cm³/mol. The summed E-state index contributed by atoms with van der Waals surface area (Å²) in [5.41, 5.74) is 2.44. The Labute approximate surface area is 196 Å². The van der Waals surface area contributed by atoms with Crippen LogP contribution in [-0.2, 0) is 20.1 Å². The second-order valence-electron chi connectivity index (χ2n) is 7.62. The zero-order valence-corrected chi connectivity index (χ0v) is 19.6. The minimum Gasteiger partial charge on any atom is -0.493 e. The first-order valence-electron chi connectivity index (χ1n) is 11.0. The molecule has 33 heavy (non-hydrogen) atoms. The van der Waals surface area contributed by atoms with Crippen LogP contribution in [0.3, 0.4) is 0 Å². The molecule has 0 amide bonds. The van der Waals surface area contributed by atoms with Crippen LogP contribution in [-0.4, -0.2) is 57.7 Å². The normalized spacial score (nSPS) is 14.7. The largest absolute Gasteiger partial charge is 0.493 e. The number of unbranched alkanes of at least 4 members (excludes halogenated alkanes) is 2. The topological polar surface area (TPSA) is 102 Å². The molecule has 178 valence electrons. The quantitative estimate of drug-likeness (QED) is 0.404. The number of fused-ring (bicyclic) bond motifs is 1. The van der Waals surface area contributed by atoms with E-state index in [1.807, 2.05) is 24.3 Å². The molecule has 8 nitrogen and oxygen atoms in total. The van der Waals surface area contributed by atoms with Crippen LogP contribution in [0.5, 0.6) is 5.75 Å². The van der Waals surface area contributed by atoms with Gasteiger partial charge < -0.3 is 19.2 Å². The molecule has 1 aliphatic heterocycles. The monoisotopic (exact) mass is 474 g/mol. The Balaban J connectivity index is 1.51. The first-order valence-corrected chi connectivity index (χ1v) is 12.3. The molecule has 3 rings (SSSR count). The summed E-state index contributed by atoms with van der Waals surface area (Å²) in [5.74, 6) is 0.887. The lowest BCUT2D eigenvalue weighted by molar-refractivity contribution is -0.137. The second-order valence-corrected chi connectivity index (χ2v) is 8.97. The lowest BCUT2D eigenvalue weighted by Gasteiger charge is -2.22. The highest BCUT2D eigenvalue weighted by Crippen LogP contribution is 2.23. The molecule has 1 unspecified atom stereocenters. The van der Waals surface area contributed by atoms with Gasteiger partial charge in [0, 0.05) is 37.9 Å². The number of aliphatic carboxylic acids is 1. The van der Waals surface area contributed by atoms with Gasteiger partial charge in [-0.2, -0.15) is 0 Å². The van der Waals surface area contributed by atoms with Crippen LogP contribution in [0.1, 0.15) is 38.0 Å². The van der Waals surface area contributed by atoms with Gasteiger partial charge in [-0.05, 0) is 43.0 Å². The Morgan fingerprint density at radius 1 is 1.27 bits per heavy atom. The second kappa shape index (κ2) is 13.0. The van der Waals surface area contributed by atoms with Crippen LogP contribution in [0.15, 0.2) is 52.6 Å². The van der Waals surface area contributed by atoms with Gasteiger partial charge in [-0.3, -0.25) is 8.98 Å². The minimum atomic E-state index is -1.26. The maximum Gasteiger partial charge on any atom is 0.303 e. The van der Waals surface area contributed by atoms with Crippen molar-refractivity contribution in [3.05, 3.63) is 54.1 Å². The molecule has 1 N–H and O–H groups in total. The van der Waals surface area contributed by atoms with E-state index in [4.69, 9.17) is 18.4 Å². The first-order chi connectivity index (χ1) is 16.0. The van der Waals surface area contributed by atoms with E-state index in [0.29, 0.717) is 42.4 Å². The summed E-state index contributed by atoms with van der Waals surface area (Å²) in [6.07, 6.45) is 13.5. The number of carbonyl (C=O) groups is 1. The van der Waals surface area contributed by atoms with E-state index >= 15 is 0 Å². The molecule has 2 heterocycles. The van der Waals surface area contributed by atoms with Gasteiger partial charge in [-0.15, -0.1) is 0 Å². The standard InChI is InChI=1S/C24H30N2O6S/c1-30-33(29)16-6-15-31-20-10-11-21-22(17-20)32-23(25-21)12-9-19-7-5-14-26(18-19)13-4-2-3-8-24(27)28/h5,7,9-12,17-18H,2-4,6,8,13-16H2,1H3,(H,27,28)/b12-9+. The molecular weight excluding hydrogens is 444 g/mol. The molecule has 0 saturated carbocycles. The fourth-order valence-electron chi connectivity index (χ4n) is 3.35. The average molecular weight is 475 g/mol. The number of nitrogens with zero attached hydrogens (tertiary/aromatic N) is 2. The van der Waals surface area contributed by atoms with Crippen molar-refractivity contribution in [1.29, 1.82) is 0 Å². The lowest BCUT2D eigenvalue weighted by atomic mass is 10.1. The Morgan fingerprint density at radius 2 is 2.15 bits per heavy atom. The van der Waals surface area contributed by atoms with Crippen LogP contribution in [0, 0.1) is 0 Å². The zero-order valence-electron chi connectivity index (χ0n) is 18.8. The maximum absolute atomic E-state index is 11.3. The Kier molecular flexibility index (Phi) is 9.71. The smallest absolute Gasteiger partial charge is 0.303 e. The zero-order chi connectivity index (χ0) is 23.5. The Bertz CT molecular complexity index is 1040. The number of oxazole rings is 1. The summed E-state index contributed by atoms with van der Waals surface area (Å²) in [6, 6.07) is 5.50. The van der Waals surface area contributed by atoms with Gasteiger partial charge in [0.2, 0.25) is 5.89 Å². The molecule has 1 aliphatic rings. The number of allylic oxidation sites excluding steroid dienone is 3. The highest BCUT2D eigenvalue weighted by molar-refractivity contribution is 7.80. The van der Waals surface area contributed by atoms with Crippen LogP contribution in [0.4, 0.5) is 0 Å². The van der Waals surface area contributed by atoms with Crippen molar-refractivity contribution in [3.8, 4) is 5.75 Å². The van der Waals surface area contributed by atoms with Crippen molar-refractivity contribution in [3.63, 3.8) is 0 Å². The number of rotatable bonds is 14. The highest BCUT2D eigenvalue weighted by Gasteiger charge is 2.07. The van der Waals surface area contributed by atoms with Gasteiger partial charge in [-0.25, -0.2) is 9.19 Å². The van der Waals surface area contributed by atoms with E-state index in [1.165, 1.54) is 7.11 Å². The van der Waals surface area contributed by atoms with Crippen molar-refractivity contribution in [2.45, 2.75) is 32.1 Å². The summed E-state index contributed by atoms with van der Waals surface area (Å²) in [4.78, 5) is 17.3. The molecule has 0 spiro atoms.